The molecular formula is C34H37N9O11S3. The number of nitrogens with two attached hydrogens (primary N) is 1. The molecule has 20 nitrogen and oxygen atoms in total. The highest BCUT2D eigenvalue weighted by Gasteiger charge is 2.55. The molecule has 0 radical (unpaired) electrons. The molecule has 4 aliphatic rings. The van der Waals surface area contributed by atoms with Crippen molar-refractivity contribution in [3.05, 3.63) is 88.3 Å². The quantitative estimate of drug-likeness (QED) is 0.0909. The number of nitrogens with zero attached hydrogens (tertiary/aromatic N) is 6. The highest BCUT2D eigenvalue weighted by molar-refractivity contribution is 8.01. The van der Waals surface area contributed by atoms with Crippen LogP contribution >= 0.6 is 35.3 Å². The number of thioether (sulfide) groups is 3. The summed E-state index contributed by atoms with van der Waals surface area (Å²) in [7, 11) is 1.68. The number of aliphatic hydroxyl groups is 1. The highest BCUT2D eigenvalue weighted by atomic mass is 32.2. The van der Waals surface area contributed by atoms with E-state index in [2.05, 4.69) is 26.2 Å². The van der Waals surface area contributed by atoms with E-state index in [1.165, 1.54) is 74.0 Å². The number of phenols is 1. The molecule has 2 saturated heterocycles. The highest BCUT2D eigenvalue weighted by Crippen LogP contribution is 2.42. The molecule has 0 bridgehead atoms. The van der Waals surface area contributed by atoms with Gasteiger partial charge in [-0.2, -0.15) is 0 Å². The predicted molar refractivity (Wildman–Crippen MR) is 205 cm³/mol. The van der Waals surface area contributed by atoms with Crippen LogP contribution in [-0.4, -0.2) is 132 Å². The minimum atomic E-state index is -1.42. The molecule has 57 heavy (non-hydrogen) atoms. The Kier molecular flexibility index (Phi) is 13.3. The van der Waals surface area contributed by atoms with E-state index in [0.717, 1.165) is 0 Å². The summed E-state index contributed by atoms with van der Waals surface area (Å²) in [6, 6.07) is 11.6. The van der Waals surface area contributed by atoms with Gasteiger partial charge >= 0.3 is 11.9 Å². The molecule has 23 heteroatoms. The Morgan fingerprint density at radius 2 is 1.44 bits per heavy atom. The summed E-state index contributed by atoms with van der Waals surface area (Å²) >= 11 is 4.04. The second-order valence-electron chi connectivity index (χ2n) is 12.7. The number of carboxylic acids is 2. The average Bonchev–Trinajstić information content (AvgIpc) is 3.61. The molecule has 4 aliphatic heterocycles. The number of nitrogens with one attached hydrogen (secondary N) is 2. The molecule has 6 atom stereocenters. The number of hydrogen-bond acceptors (Lipinski definition) is 15. The van der Waals surface area contributed by atoms with E-state index in [1.54, 1.807) is 44.3 Å². The van der Waals surface area contributed by atoms with Crippen molar-refractivity contribution in [1.29, 1.82) is 0 Å². The lowest BCUT2D eigenvalue weighted by Gasteiger charge is -2.49. The van der Waals surface area contributed by atoms with Crippen LogP contribution in [0.4, 0.5) is 0 Å². The van der Waals surface area contributed by atoms with Crippen molar-refractivity contribution in [2.45, 2.75) is 47.1 Å². The minimum absolute atomic E-state index is 0. The maximum atomic E-state index is 12.7. The Labute approximate surface area is 336 Å². The van der Waals surface area contributed by atoms with E-state index in [4.69, 9.17) is 5.73 Å². The number of aromatic nitrogens is 4. The Balaban J connectivity index is 0.000000219. The Bertz CT molecular complexity index is 2130. The summed E-state index contributed by atoms with van der Waals surface area (Å²) in [4.78, 5) is 75.5. The fourth-order valence-electron chi connectivity index (χ4n) is 6.16. The first-order valence-corrected chi connectivity index (χ1v) is 19.8. The molecule has 10 N–H and O–H groups in total. The average molecular weight is 844 g/mol. The van der Waals surface area contributed by atoms with Gasteiger partial charge in [-0.1, -0.05) is 54.2 Å². The molecule has 2 aromatic carbocycles. The standard InChI is InChI=1S/C18H18N6O5S2.C16H17N3O5S.H2O/c1-23-18(20-21-22-23)31-8-10-7-30-16-11(15(27)24(16)12(10)17(28)29)19-14(26)13(25)9-5-3-2-4-6-9;1-7-6-25-15-11(14(22)19(15)12(7)16(23)24)18-13(21)10(17)8-2-4-9(20)5-3-8;/h2-6,11,13,16,25H,7-8H2,1H3,(H,19,26)(H,28,29);2-5,10-11,15,20H,6,17H2,1H3,(H,18,21)(H,23,24);1H2/t11-,13-,16-;10-,11-,15-;/m11./s1. The van der Waals surface area contributed by atoms with Crippen LogP contribution in [0.15, 0.2) is 82.3 Å². The van der Waals surface area contributed by atoms with E-state index >= 15 is 0 Å². The monoisotopic (exact) mass is 843 g/mol. The van der Waals surface area contributed by atoms with Crippen molar-refractivity contribution in [1.82, 2.24) is 40.6 Å². The zero-order valence-corrected chi connectivity index (χ0v) is 32.5. The number of β-lactam (4-membered cyclic amide) rings is 2. The molecule has 3 aromatic rings. The van der Waals surface area contributed by atoms with Gasteiger partial charge in [0, 0.05) is 24.3 Å². The van der Waals surface area contributed by atoms with E-state index in [0.29, 0.717) is 44.7 Å². The van der Waals surface area contributed by atoms with Gasteiger partial charge in [0.15, 0.2) is 6.10 Å². The Morgan fingerprint density at radius 1 is 0.877 bits per heavy atom. The van der Waals surface area contributed by atoms with Crippen LogP contribution in [0.2, 0.25) is 0 Å². The second kappa shape index (κ2) is 17.8. The molecular weight excluding hydrogens is 807 g/mol. The summed E-state index contributed by atoms with van der Waals surface area (Å²) in [5, 5.41) is 54.3. The first-order chi connectivity index (χ1) is 26.7. The molecule has 0 spiro atoms. The molecule has 302 valence electrons. The van der Waals surface area contributed by atoms with Crippen molar-refractivity contribution in [3.63, 3.8) is 0 Å². The number of aryl methyl sites for hydroxylation is 1. The van der Waals surface area contributed by atoms with Crippen LogP contribution < -0.4 is 16.4 Å². The van der Waals surface area contributed by atoms with Gasteiger partial charge in [0.2, 0.25) is 11.1 Å². The molecule has 7 rings (SSSR count). The topological polar surface area (TPSA) is 315 Å². The number of rotatable bonds is 11. The third-order valence-corrected chi connectivity index (χ3v) is 12.9. The van der Waals surface area contributed by atoms with Crippen molar-refractivity contribution in [2.75, 3.05) is 17.3 Å². The van der Waals surface area contributed by atoms with Crippen LogP contribution in [0.25, 0.3) is 0 Å². The van der Waals surface area contributed by atoms with E-state index < -0.39 is 70.5 Å². The second-order valence-corrected chi connectivity index (χ2v) is 15.9. The van der Waals surface area contributed by atoms with Gasteiger partial charge in [0.25, 0.3) is 17.7 Å². The van der Waals surface area contributed by atoms with Gasteiger partial charge in [0.05, 0.1) is 0 Å². The molecule has 0 saturated carbocycles. The number of phenolic OH excluding ortho intramolecular Hbond substituents is 1. The van der Waals surface area contributed by atoms with Crippen LogP contribution in [0, 0.1) is 0 Å². The van der Waals surface area contributed by atoms with Gasteiger partial charge < -0.3 is 42.3 Å². The van der Waals surface area contributed by atoms with Gasteiger partial charge in [-0.3, -0.25) is 29.0 Å². The van der Waals surface area contributed by atoms with Gasteiger partial charge in [-0.25, -0.2) is 14.3 Å². The Morgan fingerprint density at radius 3 is 2.00 bits per heavy atom. The summed E-state index contributed by atoms with van der Waals surface area (Å²) in [6.07, 6.45) is -1.42. The number of carboxylic acid groups (broad SMARTS) is 2. The largest absolute Gasteiger partial charge is 0.508 e. The molecule has 0 aliphatic carbocycles. The van der Waals surface area contributed by atoms with Gasteiger partial charge in [-0.05, 0) is 51.8 Å². The lowest BCUT2D eigenvalue weighted by Crippen LogP contribution is -2.71. The van der Waals surface area contributed by atoms with Gasteiger partial charge in [0.1, 0.15) is 46.0 Å². The smallest absolute Gasteiger partial charge is 0.352 e. The number of tetrazole rings is 1. The molecule has 0 unspecified atom stereocenters. The summed E-state index contributed by atoms with van der Waals surface area (Å²) < 4.78 is 1.48. The molecule has 2 fully saturated rings. The van der Waals surface area contributed by atoms with Crippen LogP contribution in [0.1, 0.15) is 30.2 Å². The zero-order valence-electron chi connectivity index (χ0n) is 30.0. The van der Waals surface area contributed by atoms with Crippen molar-refractivity contribution in [3.8, 4) is 5.75 Å². The first kappa shape index (κ1) is 42.7. The third-order valence-electron chi connectivity index (χ3n) is 9.06. The number of hydrogen-bond donors (Lipinski definition) is 7. The number of benzene rings is 2. The number of carbonyl (C=O) groups excluding carboxylic acids is 4. The maximum Gasteiger partial charge on any atom is 0.352 e. The summed E-state index contributed by atoms with van der Waals surface area (Å²) in [5.74, 6) is -3.36. The number of aromatic hydroxyl groups is 1. The van der Waals surface area contributed by atoms with E-state index in [-0.39, 0.29) is 22.6 Å². The van der Waals surface area contributed by atoms with Crippen LogP contribution in [0.5, 0.6) is 5.75 Å². The maximum absolute atomic E-state index is 12.7. The molecule has 5 heterocycles. The summed E-state index contributed by atoms with van der Waals surface area (Å²) in [5.41, 5.74) is 7.90. The number of fused-ring (bicyclic) bond motifs is 2. The number of carbonyl (C=O) groups is 6. The van der Waals surface area contributed by atoms with Gasteiger partial charge in [-0.15, -0.1) is 28.6 Å². The minimum Gasteiger partial charge on any atom is -0.508 e. The third kappa shape index (κ3) is 8.62. The lowest BCUT2D eigenvalue weighted by molar-refractivity contribution is -0.151. The van der Waals surface area contributed by atoms with Crippen LogP contribution in [-0.2, 0) is 35.8 Å². The summed E-state index contributed by atoms with van der Waals surface area (Å²) in [6.45, 7) is 1.67. The number of aliphatic hydroxyl groups excluding tert-OH is 1. The lowest BCUT2D eigenvalue weighted by atomic mass is 10.0. The first-order valence-electron chi connectivity index (χ1n) is 16.7. The van der Waals surface area contributed by atoms with Crippen molar-refractivity contribution < 1.29 is 54.7 Å². The zero-order chi connectivity index (χ0) is 40.4. The fraction of sp³-hybridized carbons (Fsp3) is 0.324. The van der Waals surface area contributed by atoms with Crippen LogP contribution in [0.3, 0.4) is 0 Å². The Hall–Kier alpha value is -5.46. The number of aliphatic carboxylic acids is 2. The normalized spacial score (nSPS) is 22.0. The fourth-order valence-corrected chi connectivity index (χ4v) is 9.79. The number of amides is 4. The van der Waals surface area contributed by atoms with E-state index in [9.17, 15) is 49.2 Å². The van der Waals surface area contributed by atoms with Crippen molar-refractivity contribution in [2.24, 2.45) is 12.8 Å². The van der Waals surface area contributed by atoms with E-state index in [1.807, 2.05) is 0 Å². The molecule has 1 aromatic heterocycles. The van der Waals surface area contributed by atoms with Crippen molar-refractivity contribution >= 4 is 70.9 Å². The predicted octanol–water partition coefficient (Wildman–Crippen LogP) is -0.900. The molecule has 4 amide bonds. The SMILES string of the molecule is CC1=C(C(=O)O)N2C(=O)[C@@H](NC(=O)[C@H](N)c3ccc(O)cc3)[C@H]2SC1.Cn1nnnc1SCC1=C(C(=O)O)N2C(=O)[C@@H](NC(=O)[C@H](O)c3ccccc3)[C@H]2SC1.O.